The minimum Gasteiger partial charge on any atom is -0.394 e. The van der Waals surface area contributed by atoms with Crippen LogP contribution in [0.5, 0.6) is 0 Å². The number of amides is 1. The molecule has 1 aromatic carbocycles. The highest BCUT2D eigenvalue weighted by molar-refractivity contribution is 7.98. The molecule has 0 bridgehead atoms. The van der Waals surface area contributed by atoms with Crippen LogP contribution < -0.4 is 5.32 Å². The molecule has 0 aliphatic carbocycles. The number of aliphatic hydroxyl groups is 1. The third-order valence-electron chi connectivity index (χ3n) is 2.73. The molecule has 1 aromatic heterocycles. The fourth-order valence-corrected chi connectivity index (χ4v) is 3.49. The Balaban J connectivity index is 2.07. The third-order valence-corrected chi connectivity index (χ3v) is 4.91. The van der Waals surface area contributed by atoms with Gasteiger partial charge in [-0.2, -0.15) is 0 Å². The Morgan fingerprint density at radius 1 is 1.35 bits per heavy atom. The number of aliphatic hydroxyl groups excluding tert-OH is 1. The average molecular weight is 307 g/mol. The van der Waals surface area contributed by atoms with Crippen LogP contribution in [-0.2, 0) is 5.75 Å². The highest BCUT2D eigenvalue weighted by Crippen LogP contribution is 2.27. The summed E-state index contributed by atoms with van der Waals surface area (Å²) in [6.07, 6.45) is 0. The summed E-state index contributed by atoms with van der Waals surface area (Å²) in [5.74, 6) is 0.721. The minimum absolute atomic E-state index is 0.0593. The molecule has 0 radical (unpaired) electrons. The van der Waals surface area contributed by atoms with Crippen LogP contribution in [0, 0.1) is 0 Å². The Morgan fingerprint density at radius 2 is 2.15 bits per heavy atom. The number of thiophene rings is 1. The number of rotatable bonds is 6. The van der Waals surface area contributed by atoms with Gasteiger partial charge in [-0.15, -0.1) is 23.1 Å². The zero-order valence-corrected chi connectivity index (χ0v) is 12.8. The van der Waals surface area contributed by atoms with Crippen LogP contribution in [0.25, 0.3) is 0 Å². The predicted molar refractivity (Wildman–Crippen MR) is 84.3 cm³/mol. The molecule has 2 rings (SSSR count). The Morgan fingerprint density at radius 3 is 2.85 bits per heavy atom. The predicted octanol–water partition coefficient (Wildman–Crippen LogP) is 3.15. The molecule has 2 N–H and O–H groups in total. The molecule has 0 aliphatic rings. The van der Waals surface area contributed by atoms with Crippen LogP contribution in [0.2, 0.25) is 0 Å². The normalized spacial score (nSPS) is 12.1. The van der Waals surface area contributed by atoms with E-state index in [0.717, 1.165) is 10.6 Å². The molecule has 2 aromatic rings. The summed E-state index contributed by atoms with van der Waals surface area (Å²) in [5.41, 5.74) is 0.661. The van der Waals surface area contributed by atoms with E-state index in [9.17, 15) is 4.79 Å². The summed E-state index contributed by atoms with van der Waals surface area (Å²) in [5, 5.41) is 13.8. The van der Waals surface area contributed by atoms with Gasteiger partial charge in [-0.25, -0.2) is 0 Å². The van der Waals surface area contributed by atoms with Crippen molar-refractivity contribution in [2.75, 3.05) is 6.61 Å². The molecule has 5 heteroatoms. The quantitative estimate of drug-likeness (QED) is 0.806. The first-order chi connectivity index (χ1) is 9.70. The molecule has 1 unspecified atom stereocenters. The first kappa shape index (κ1) is 15.1. The van der Waals surface area contributed by atoms with Crippen molar-refractivity contribution >= 4 is 29.0 Å². The molecule has 0 saturated heterocycles. The van der Waals surface area contributed by atoms with Crippen molar-refractivity contribution in [1.82, 2.24) is 5.32 Å². The second kappa shape index (κ2) is 7.47. The first-order valence-electron chi connectivity index (χ1n) is 6.36. The van der Waals surface area contributed by atoms with Crippen LogP contribution in [0.1, 0.15) is 22.2 Å². The van der Waals surface area contributed by atoms with E-state index in [4.69, 9.17) is 5.11 Å². The van der Waals surface area contributed by atoms with Crippen LogP contribution >= 0.6 is 23.1 Å². The SMILES string of the molecule is CC(CO)NC(=O)c1ccccc1SCc1cccs1. The van der Waals surface area contributed by atoms with Gasteiger partial charge in [0.05, 0.1) is 12.2 Å². The molecule has 20 heavy (non-hydrogen) atoms. The average Bonchev–Trinajstić information content (AvgIpc) is 2.98. The number of hydrogen-bond donors (Lipinski definition) is 2. The van der Waals surface area contributed by atoms with Gasteiger partial charge in [-0.3, -0.25) is 4.79 Å². The van der Waals surface area contributed by atoms with Crippen LogP contribution in [0.3, 0.4) is 0 Å². The molecule has 0 spiro atoms. The molecule has 106 valence electrons. The van der Waals surface area contributed by atoms with Crippen molar-refractivity contribution in [3.05, 3.63) is 52.2 Å². The van der Waals surface area contributed by atoms with Gasteiger partial charge in [0.15, 0.2) is 0 Å². The van der Waals surface area contributed by atoms with Crippen LogP contribution in [0.4, 0.5) is 0 Å². The fourth-order valence-electron chi connectivity index (χ4n) is 1.67. The summed E-state index contributed by atoms with van der Waals surface area (Å²) in [6.45, 7) is 1.72. The molecule has 0 saturated carbocycles. The van der Waals surface area contributed by atoms with Gasteiger partial charge in [0.1, 0.15) is 0 Å². The molecule has 1 amide bonds. The third kappa shape index (κ3) is 4.10. The monoisotopic (exact) mass is 307 g/mol. The van der Waals surface area contributed by atoms with Crippen molar-refractivity contribution in [3.8, 4) is 0 Å². The Hall–Kier alpha value is -1.30. The van der Waals surface area contributed by atoms with Gasteiger partial charge in [-0.05, 0) is 30.5 Å². The molecule has 0 fully saturated rings. The number of carbonyl (C=O) groups excluding carboxylic acids is 1. The van der Waals surface area contributed by atoms with Crippen molar-refractivity contribution in [3.63, 3.8) is 0 Å². The number of thioether (sulfide) groups is 1. The van der Waals surface area contributed by atoms with Crippen molar-refractivity contribution in [2.45, 2.75) is 23.6 Å². The standard InChI is InChI=1S/C15H17NO2S2/c1-11(9-17)16-15(18)13-6-2-3-7-14(13)20-10-12-5-4-8-19-12/h2-8,11,17H,9-10H2,1H3,(H,16,18). The largest absolute Gasteiger partial charge is 0.394 e. The van der Waals surface area contributed by atoms with Crippen LogP contribution in [-0.4, -0.2) is 23.7 Å². The Bertz CT molecular complexity index is 555. The van der Waals surface area contributed by atoms with E-state index in [1.54, 1.807) is 30.0 Å². The van der Waals surface area contributed by atoms with E-state index in [1.165, 1.54) is 4.88 Å². The maximum absolute atomic E-state index is 12.2. The lowest BCUT2D eigenvalue weighted by molar-refractivity contribution is 0.0919. The lowest BCUT2D eigenvalue weighted by atomic mass is 10.2. The molecule has 3 nitrogen and oxygen atoms in total. The molecule has 1 heterocycles. The minimum atomic E-state index is -0.238. The molecule has 1 atom stereocenters. The second-order valence-electron chi connectivity index (χ2n) is 4.42. The molecule has 0 aliphatic heterocycles. The zero-order chi connectivity index (χ0) is 14.4. The van der Waals surface area contributed by atoms with E-state index in [2.05, 4.69) is 16.8 Å². The summed E-state index contributed by atoms with van der Waals surface area (Å²) in [4.78, 5) is 14.4. The summed E-state index contributed by atoms with van der Waals surface area (Å²) < 4.78 is 0. The van der Waals surface area contributed by atoms with Gasteiger partial charge >= 0.3 is 0 Å². The van der Waals surface area contributed by atoms with Crippen LogP contribution in [0.15, 0.2) is 46.7 Å². The smallest absolute Gasteiger partial charge is 0.252 e. The molecular formula is C15H17NO2S2. The van der Waals surface area contributed by atoms with E-state index >= 15 is 0 Å². The van der Waals surface area contributed by atoms with Gasteiger partial charge < -0.3 is 10.4 Å². The van der Waals surface area contributed by atoms with E-state index in [1.807, 2.05) is 30.3 Å². The highest BCUT2D eigenvalue weighted by Gasteiger charge is 2.13. The van der Waals surface area contributed by atoms with Gasteiger partial charge in [0.2, 0.25) is 0 Å². The highest BCUT2D eigenvalue weighted by atomic mass is 32.2. The summed E-state index contributed by atoms with van der Waals surface area (Å²) in [6, 6.07) is 11.4. The van der Waals surface area contributed by atoms with E-state index in [-0.39, 0.29) is 18.6 Å². The van der Waals surface area contributed by atoms with Crippen molar-refractivity contribution in [1.29, 1.82) is 0 Å². The number of carbonyl (C=O) groups is 1. The van der Waals surface area contributed by atoms with E-state index in [0.29, 0.717) is 5.56 Å². The van der Waals surface area contributed by atoms with Gasteiger partial charge in [0, 0.05) is 21.6 Å². The summed E-state index contributed by atoms with van der Waals surface area (Å²) >= 11 is 3.37. The lowest BCUT2D eigenvalue weighted by Crippen LogP contribution is -2.35. The number of nitrogens with one attached hydrogen (secondary N) is 1. The van der Waals surface area contributed by atoms with E-state index < -0.39 is 0 Å². The first-order valence-corrected chi connectivity index (χ1v) is 8.23. The molecular weight excluding hydrogens is 290 g/mol. The Labute approximate surface area is 127 Å². The van der Waals surface area contributed by atoms with Gasteiger partial charge in [0.25, 0.3) is 5.91 Å². The summed E-state index contributed by atoms with van der Waals surface area (Å²) in [7, 11) is 0. The van der Waals surface area contributed by atoms with Gasteiger partial charge in [-0.1, -0.05) is 18.2 Å². The maximum atomic E-state index is 12.2. The lowest BCUT2D eigenvalue weighted by Gasteiger charge is -2.13. The van der Waals surface area contributed by atoms with Crippen molar-refractivity contribution in [2.24, 2.45) is 0 Å². The zero-order valence-electron chi connectivity index (χ0n) is 11.2. The fraction of sp³-hybridized carbons (Fsp3) is 0.267. The maximum Gasteiger partial charge on any atom is 0.252 e. The van der Waals surface area contributed by atoms with Crippen molar-refractivity contribution < 1.29 is 9.90 Å². The number of benzene rings is 1. The second-order valence-corrected chi connectivity index (χ2v) is 6.47. The Kier molecular flexibility index (Phi) is 5.64. The topological polar surface area (TPSA) is 49.3 Å². The number of hydrogen-bond acceptors (Lipinski definition) is 4.